The molecule has 0 amide bonds. The maximum absolute atomic E-state index is 11.7. The van der Waals surface area contributed by atoms with Gasteiger partial charge in [0.05, 0.1) is 4.90 Å². The lowest BCUT2D eigenvalue weighted by Crippen LogP contribution is -2.00. The molecule has 0 saturated heterocycles. The Morgan fingerprint density at radius 3 is 2.47 bits per heavy atom. The first-order valence-corrected chi connectivity index (χ1v) is 7.91. The highest BCUT2D eigenvalue weighted by Crippen LogP contribution is 2.37. The summed E-state index contributed by atoms with van der Waals surface area (Å²) in [5.41, 5.74) is 0.552. The van der Waals surface area contributed by atoms with Crippen LogP contribution in [0.2, 0.25) is 0 Å². The van der Waals surface area contributed by atoms with Crippen LogP contribution < -0.4 is 0 Å². The van der Waals surface area contributed by atoms with Crippen LogP contribution in [0.1, 0.15) is 0 Å². The van der Waals surface area contributed by atoms with Crippen LogP contribution in [0.3, 0.4) is 0 Å². The molecule has 0 unspecified atom stereocenters. The van der Waals surface area contributed by atoms with Gasteiger partial charge in [-0.2, -0.15) is 0 Å². The van der Waals surface area contributed by atoms with Crippen LogP contribution in [-0.4, -0.2) is 24.9 Å². The number of sulfone groups is 1. The smallest absolute Gasteiger partial charge is 0.176 e. The first-order valence-electron chi connectivity index (χ1n) is 5.22. The molecular formula is C13H10BrO4S. The molecule has 99 valence electrons. The molecule has 0 aliphatic heterocycles. The van der Waals surface area contributed by atoms with E-state index in [1.807, 2.05) is 0 Å². The normalized spacial score (nSPS) is 11.5. The minimum absolute atomic E-state index is 0.00120. The quantitative estimate of drug-likeness (QED) is 0.880. The third kappa shape index (κ3) is 2.90. The molecule has 0 fully saturated rings. The average Bonchev–Trinajstić information content (AvgIpc) is 2.30. The van der Waals surface area contributed by atoms with Crippen molar-refractivity contribution in [3.63, 3.8) is 0 Å². The summed E-state index contributed by atoms with van der Waals surface area (Å²) in [6.45, 7) is 0. The Morgan fingerprint density at radius 1 is 1.16 bits per heavy atom. The van der Waals surface area contributed by atoms with Gasteiger partial charge in [-0.1, -0.05) is 15.9 Å². The molecule has 0 atom stereocenters. The van der Waals surface area contributed by atoms with Crippen LogP contribution in [0.25, 0.3) is 11.1 Å². The molecule has 4 nitrogen and oxygen atoms in total. The minimum Gasteiger partial charge on any atom is -0.507 e. The van der Waals surface area contributed by atoms with Gasteiger partial charge in [-0.25, -0.2) is 8.42 Å². The van der Waals surface area contributed by atoms with E-state index in [9.17, 15) is 18.6 Å². The van der Waals surface area contributed by atoms with Gasteiger partial charge in [0.15, 0.2) is 9.84 Å². The summed E-state index contributed by atoms with van der Waals surface area (Å²) >= 11 is 3.26. The summed E-state index contributed by atoms with van der Waals surface area (Å²) < 4.78 is 24.2. The molecule has 0 saturated carbocycles. The van der Waals surface area contributed by atoms with Crippen molar-refractivity contribution in [2.75, 3.05) is 6.26 Å². The predicted octanol–water partition coefficient (Wildman–Crippen LogP) is 2.73. The van der Waals surface area contributed by atoms with Gasteiger partial charge in [0.1, 0.15) is 11.5 Å². The second-order valence-electron chi connectivity index (χ2n) is 4.03. The summed E-state index contributed by atoms with van der Waals surface area (Å²) in [6.07, 6.45) is 1.06. The molecule has 2 aromatic carbocycles. The SMILES string of the molecule is CS(=O)(=O)c1c[c]c(O)cc1-c1cc(Br)ccc1O. The van der Waals surface area contributed by atoms with Crippen LogP contribution in [0.15, 0.2) is 39.7 Å². The van der Waals surface area contributed by atoms with Crippen molar-refractivity contribution >= 4 is 25.8 Å². The first-order chi connectivity index (χ1) is 8.79. The van der Waals surface area contributed by atoms with Crippen molar-refractivity contribution in [1.82, 2.24) is 0 Å². The molecule has 0 spiro atoms. The number of hydrogen-bond donors (Lipinski definition) is 2. The number of aromatic hydroxyl groups is 2. The lowest BCUT2D eigenvalue weighted by molar-refractivity contribution is 0.472. The number of phenols is 2. The fourth-order valence-electron chi connectivity index (χ4n) is 1.71. The maximum atomic E-state index is 11.7. The number of halogens is 1. The summed E-state index contributed by atoms with van der Waals surface area (Å²) in [7, 11) is -3.50. The Hall–Kier alpha value is -1.53. The third-order valence-corrected chi connectivity index (χ3v) is 4.18. The van der Waals surface area contributed by atoms with Crippen molar-refractivity contribution in [1.29, 1.82) is 0 Å². The Labute approximate surface area is 119 Å². The van der Waals surface area contributed by atoms with E-state index in [-0.39, 0.29) is 22.0 Å². The van der Waals surface area contributed by atoms with Gasteiger partial charge in [0.25, 0.3) is 0 Å². The summed E-state index contributed by atoms with van der Waals surface area (Å²) in [6, 6.07) is 9.55. The van der Waals surface area contributed by atoms with Crippen LogP contribution in [0, 0.1) is 6.07 Å². The van der Waals surface area contributed by atoms with E-state index < -0.39 is 9.84 Å². The lowest BCUT2D eigenvalue weighted by atomic mass is 10.0. The summed E-state index contributed by atoms with van der Waals surface area (Å²) in [5, 5.41) is 19.3. The molecule has 2 rings (SSSR count). The van der Waals surface area contributed by atoms with Gasteiger partial charge >= 0.3 is 0 Å². The molecule has 0 aromatic heterocycles. The Morgan fingerprint density at radius 2 is 1.84 bits per heavy atom. The first kappa shape index (κ1) is 13.9. The number of phenolic OH excluding ortho intramolecular Hbond substituents is 2. The van der Waals surface area contributed by atoms with E-state index in [0.717, 1.165) is 6.26 Å². The van der Waals surface area contributed by atoms with Gasteiger partial charge in [0, 0.05) is 27.9 Å². The van der Waals surface area contributed by atoms with Gasteiger partial charge < -0.3 is 10.2 Å². The van der Waals surface area contributed by atoms with E-state index in [1.165, 1.54) is 18.2 Å². The fourth-order valence-corrected chi connectivity index (χ4v) is 2.91. The van der Waals surface area contributed by atoms with E-state index in [0.29, 0.717) is 10.0 Å². The molecule has 1 radical (unpaired) electrons. The van der Waals surface area contributed by atoms with Gasteiger partial charge in [-0.15, -0.1) is 0 Å². The van der Waals surface area contributed by atoms with Gasteiger partial charge in [-0.3, -0.25) is 0 Å². The molecule has 19 heavy (non-hydrogen) atoms. The minimum atomic E-state index is -3.50. The number of hydrogen-bond acceptors (Lipinski definition) is 4. The van der Waals surface area contributed by atoms with Crippen molar-refractivity contribution < 1.29 is 18.6 Å². The Bertz CT molecular complexity index is 738. The third-order valence-electron chi connectivity index (χ3n) is 2.55. The lowest BCUT2D eigenvalue weighted by Gasteiger charge is -2.10. The monoisotopic (exact) mass is 341 g/mol. The standard InChI is InChI=1S/C13H10BrO4S/c1-19(17,18)13-5-3-9(15)7-11(13)10-6-8(14)2-4-12(10)16/h2,4-7,15-16H,1H3. The van der Waals surface area contributed by atoms with Gasteiger partial charge in [-0.05, 0) is 30.3 Å². The number of rotatable bonds is 2. The highest BCUT2D eigenvalue weighted by molar-refractivity contribution is 9.10. The molecular weight excluding hydrogens is 332 g/mol. The molecule has 6 heteroatoms. The molecule has 0 bridgehead atoms. The van der Waals surface area contributed by atoms with Crippen LogP contribution in [0.5, 0.6) is 11.5 Å². The zero-order chi connectivity index (χ0) is 14.2. The van der Waals surface area contributed by atoms with Gasteiger partial charge in [0.2, 0.25) is 0 Å². The van der Waals surface area contributed by atoms with E-state index in [1.54, 1.807) is 12.1 Å². The highest BCUT2D eigenvalue weighted by atomic mass is 79.9. The second-order valence-corrected chi connectivity index (χ2v) is 6.93. The summed E-state index contributed by atoms with van der Waals surface area (Å²) in [5.74, 6) is -0.263. The molecule has 2 aromatic rings. The zero-order valence-corrected chi connectivity index (χ0v) is 12.3. The van der Waals surface area contributed by atoms with Crippen molar-refractivity contribution in [2.45, 2.75) is 4.90 Å². The van der Waals surface area contributed by atoms with E-state index in [4.69, 9.17) is 0 Å². The number of benzene rings is 2. The average molecular weight is 342 g/mol. The summed E-state index contributed by atoms with van der Waals surface area (Å²) in [4.78, 5) is -0.00120. The molecule has 0 aliphatic carbocycles. The van der Waals surface area contributed by atoms with Crippen molar-refractivity contribution in [3.8, 4) is 22.6 Å². The van der Waals surface area contributed by atoms with Crippen LogP contribution in [0.4, 0.5) is 0 Å². The maximum Gasteiger partial charge on any atom is 0.176 e. The van der Waals surface area contributed by atoms with E-state index in [2.05, 4.69) is 22.0 Å². The van der Waals surface area contributed by atoms with Crippen LogP contribution in [-0.2, 0) is 9.84 Å². The zero-order valence-electron chi connectivity index (χ0n) is 9.88. The largest absolute Gasteiger partial charge is 0.507 e. The molecule has 0 aliphatic rings. The predicted molar refractivity (Wildman–Crippen MR) is 74.9 cm³/mol. The Balaban J connectivity index is 2.81. The van der Waals surface area contributed by atoms with Crippen molar-refractivity contribution in [3.05, 3.63) is 40.9 Å². The molecule has 2 N–H and O–H groups in total. The molecule has 0 heterocycles. The highest BCUT2D eigenvalue weighted by Gasteiger charge is 2.18. The van der Waals surface area contributed by atoms with E-state index >= 15 is 0 Å². The van der Waals surface area contributed by atoms with Crippen molar-refractivity contribution in [2.24, 2.45) is 0 Å². The fraction of sp³-hybridized carbons (Fsp3) is 0.0769. The Kier molecular flexibility index (Phi) is 3.56. The van der Waals surface area contributed by atoms with Crippen LogP contribution >= 0.6 is 15.9 Å². The second kappa shape index (κ2) is 4.86. The topological polar surface area (TPSA) is 74.6 Å².